The summed E-state index contributed by atoms with van der Waals surface area (Å²) in [6.45, 7) is 1.98. The Hall–Kier alpha value is -4.65. The number of aromatic nitrogens is 2. The monoisotopic (exact) mass is 909 g/mol. The van der Waals surface area contributed by atoms with Gasteiger partial charge < -0.3 is 31.1 Å². The van der Waals surface area contributed by atoms with Gasteiger partial charge in [0.05, 0.1) is 22.3 Å². The normalized spacial score (nSPS) is 17.6. The van der Waals surface area contributed by atoms with Gasteiger partial charge in [0.2, 0.25) is 23.7 Å². The molecule has 2 saturated heterocycles. The second kappa shape index (κ2) is 21.7. The highest BCUT2D eigenvalue weighted by Gasteiger charge is 2.39. The van der Waals surface area contributed by atoms with Gasteiger partial charge in [0.15, 0.2) is 0 Å². The van der Waals surface area contributed by atoms with Crippen LogP contribution in [0.2, 0.25) is 0 Å². The van der Waals surface area contributed by atoms with Crippen LogP contribution in [0.25, 0.3) is 0 Å². The molecular weight excluding hydrogens is 857 g/mol. The van der Waals surface area contributed by atoms with E-state index in [1.165, 1.54) is 12.1 Å². The Balaban J connectivity index is 0.785. The number of nitrogens with two attached hydrogens (primary N) is 1. The number of rotatable bonds is 21. The van der Waals surface area contributed by atoms with E-state index in [1.54, 1.807) is 11.1 Å². The van der Waals surface area contributed by atoms with Crippen molar-refractivity contribution in [3.8, 4) is 0 Å². The van der Waals surface area contributed by atoms with Crippen LogP contribution in [0.15, 0.2) is 47.1 Å². The quantitative estimate of drug-likeness (QED) is 0.0519. The van der Waals surface area contributed by atoms with Crippen LogP contribution >= 0.6 is 15.9 Å². The Kier molecular flexibility index (Phi) is 16.3. The van der Waals surface area contributed by atoms with Gasteiger partial charge in [-0.1, -0.05) is 56.7 Å². The molecule has 3 aliphatic heterocycles. The third-order valence-electron chi connectivity index (χ3n) is 11.2. The zero-order valence-electron chi connectivity index (χ0n) is 33.6. The number of carbonyl (C=O) groups excluding carboxylic acids is 5. The molecular formula is C42H53BrFN9O6S. The van der Waals surface area contributed by atoms with Crippen LogP contribution in [0.5, 0.6) is 0 Å². The highest BCUT2D eigenvalue weighted by Crippen LogP contribution is 2.31. The first kappa shape index (κ1) is 44.9. The molecule has 2 atom stereocenters. The third kappa shape index (κ3) is 12.0. The topological polar surface area (TPSA) is 215 Å². The summed E-state index contributed by atoms with van der Waals surface area (Å²) < 4.78 is 29.6. The molecule has 0 radical (unpaired) electrons. The van der Waals surface area contributed by atoms with Crippen LogP contribution in [0.3, 0.4) is 0 Å². The summed E-state index contributed by atoms with van der Waals surface area (Å²) in [5.74, 6) is -1.43. The van der Waals surface area contributed by atoms with Crippen LogP contribution < -0.4 is 27.0 Å². The minimum atomic E-state index is -1.22. The van der Waals surface area contributed by atoms with E-state index in [9.17, 15) is 32.9 Å². The zero-order chi connectivity index (χ0) is 42.6. The minimum absolute atomic E-state index is 0.0177. The Labute approximate surface area is 361 Å². The predicted octanol–water partition coefficient (Wildman–Crippen LogP) is 5.39. The van der Waals surface area contributed by atoms with Gasteiger partial charge in [-0.05, 0) is 83.8 Å². The molecule has 15 nitrogen and oxygen atoms in total. The number of aryl methyl sites for hydroxylation is 1. The minimum Gasteiger partial charge on any atom is -0.598 e. The van der Waals surface area contributed by atoms with Crippen LogP contribution in [0.4, 0.5) is 21.8 Å². The smallest absolute Gasteiger partial charge is 0.255 e. The van der Waals surface area contributed by atoms with Crippen molar-refractivity contribution in [1.82, 2.24) is 29.8 Å². The first-order chi connectivity index (χ1) is 29.0. The van der Waals surface area contributed by atoms with Gasteiger partial charge in [-0.15, -0.1) is 4.31 Å². The second-order valence-electron chi connectivity index (χ2n) is 15.4. The highest BCUT2D eigenvalue weighted by molar-refractivity contribution is 9.10. The lowest BCUT2D eigenvalue weighted by molar-refractivity contribution is -0.137. The maximum Gasteiger partial charge on any atom is 0.255 e. The number of anilines is 3. The lowest BCUT2D eigenvalue weighted by Crippen LogP contribution is -2.52. The Morgan fingerprint density at radius 3 is 2.43 bits per heavy atom. The second-order valence-corrected chi connectivity index (χ2v) is 17.9. The molecule has 0 aliphatic carbocycles. The zero-order valence-corrected chi connectivity index (χ0v) is 36.0. The molecule has 2 fully saturated rings. The number of nitrogens with one attached hydrogen (secondary N) is 4. The molecule has 0 saturated carbocycles. The molecule has 4 heterocycles. The molecule has 0 spiro atoms. The maximum atomic E-state index is 14.2. The van der Waals surface area contributed by atoms with Crippen LogP contribution in [0.1, 0.15) is 115 Å². The van der Waals surface area contributed by atoms with E-state index in [-0.39, 0.29) is 41.4 Å². The van der Waals surface area contributed by atoms with Crippen molar-refractivity contribution in [1.29, 1.82) is 0 Å². The van der Waals surface area contributed by atoms with Crippen molar-refractivity contribution in [3.05, 3.63) is 75.1 Å². The Morgan fingerprint density at radius 2 is 1.70 bits per heavy atom. The SMILES string of the molecule is NC(=O)c1c(F)cccc1Nc1nc(NC2CCN([S+]([O-])CCNC(=O)CCCCCCCCCCc3cccc4c3CN(C3CCC(=O)NC3=O)C4=O)CC2)ncc1Br. The number of nitrogens with zero attached hydrogens (tertiary/aromatic N) is 4. The van der Waals surface area contributed by atoms with Crippen molar-refractivity contribution >= 4 is 74.3 Å². The van der Waals surface area contributed by atoms with Crippen molar-refractivity contribution in [3.63, 3.8) is 0 Å². The summed E-state index contributed by atoms with van der Waals surface area (Å²) >= 11 is 2.17. The average molecular weight is 911 g/mol. The lowest BCUT2D eigenvalue weighted by atomic mass is 9.97. The van der Waals surface area contributed by atoms with Gasteiger partial charge in [-0.3, -0.25) is 29.3 Å². The molecule has 1 aromatic heterocycles. The third-order valence-corrected chi connectivity index (χ3v) is 13.3. The summed E-state index contributed by atoms with van der Waals surface area (Å²) in [6.07, 6.45) is 13.3. The van der Waals surface area contributed by atoms with Crippen molar-refractivity contribution in [2.45, 2.75) is 109 Å². The van der Waals surface area contributed by atoms with Gasteiger partial charge >= 0.3 is 0 Å². The van der Waals surface area contributed by atoms with Crippen LogP contribution in [-0.2, 0) is 38.7 Å². The largest absolute Gasteiger partial charge is 0.598 e. The number of hydrogen-bond donors (Lipinski definition) is 5. The molecule has 2 aromatic carbocycles. The molecule has 6 N–H and O–H groups in total. The van der Waals surface area contributed by atoms with Gasteiger partial charge in [-0.25, -0.2) is 9.37 Å². The number of imide groups is 1. The number of primary amides is 1. The van der Waals surface area contributed by atoms with E-state index in [4.69, 9.17) is 5.73 Å². The molecule has 3 aliphatic rings. The Morgan fingerprint density at radius 1 is 0.983 bits per heavy atom. The molecule has 18 heteroatoms. The van der Waals surface area contributed by atoms with Gasteiger partial charge in [0, 0.05) is 61.6 Å². The molecule has 5 amide bonds. The summed E-state index contributed by atoms with van der Waals surface area (Å²) in [5, 5.41) is 11.5. The number of carbonyl (C=O) groups is 5. The molecule has 0 bridgehead atoms. The summed E-state index contributed by atoms with van der Waals surface area (Å²) in [5.41, 5.74) is 8.12. The van der Waals surface area contributed by atoms with E-state index < -0.39 is 35.0 Å². The fourth-order valence-electron chi connectivity index (χ4n) is 7.96. The van der Waals surface area contributed by atoms with Gasteiger partial charge in [0.25, 0.3) is 11.8 Å². The van der Waals surface area contributed by atoms with Gasteiger partial charge in [-0.2, -0.15) is 4.98 Å². The standard InChI is InChI=1S/C42H53BrFN9O6S/c43-31-25-47-42(51-39(31)49-33-15-10-14-32(44)37(33)38(45)56)48-28-19-22-52(23-20-28)60(59)24-21-46-35(54)16-8-6-4-2-1-3-5-7-11-27-12-9-13-29-30(27)26-53(41(29)58)34-17-18-36(55)50-40(34)57/h9-10,12-15,25,28,34H,1-8,11,16-24,26H2,(H2,45,56)(H,46,54)(H,50,55,57)(H2,47,48,49,51). The lowest BCUT2D eigenvalue weighted by Gasteiger charge is -2.32. The summed E-state index contributed by atoms with van der Waals surface area (Å²) in [4.78, 5) is 71.7. The van der Waals surface area contributed by atoms with Crippen molar-refractivity contribution < 1.29 is 32.9 Å². The number of fused-ring (bicyclic) bond motifs is 1. The molecule has 322 valence electrons. The number of hydrogen-bond acceptors (Lipinski definition) is 11. The molecule has 3 aromatic rings. The first-order valence-electron chi connectivity index (χ1n) is 20.8. The predicted molar refractivity (Wildman–Crippen MR) is 230 cm³/mol. The first-order valence-corrected chi connectivity index (χ1v) is 22.9. The van der Waals surface area contributed by atoms with E-state index in [0.29, 0.717) is 79.4 Å². The number of piperidine rings is 2. The number of amides is 5. The summed E-state index contributed by atoms with van der Waals surface area (Å²) in [7, 11) is 0. The fraction of sp³-hybridized carbons (Fsp3) is 0.500. The maximum absolute atomic E-state index is 14.2. The van der Waals surface area contributed by atoms with Crippen LogP contribution in [0, 0.1) is 5.82 Å². The van der Waals surface area contributed by atoms with E-state index in [0.717, 1.165) is 75.0 Å². The Bertz CT molecular complexity index is 2040. The fourth-order valence-corrected chi connectivity index (χ4v) is 9.40. The summed E-state index contributed by atoms with van der Waals surface area (Å²) in [6, 6.07) is 9.41. The number of unbranched alkanes of at least 4 members (excludes halogenated alkanes) is 7. The van der Waals surface area contributed by atoms with Crippen LogP contribution in [-0.4, -0.2) is 90.7 Å². The van der Waals surface area contributed by atoms with Gasteiger partial charge in [0.1, 0.15) is 23.4 Å². The van der Waals surface area contributed by atoms with E-state index >= 15 is 0 Å². The molecule has 60 heavy (non-hydrogen) atoms. The average Bonchev–Trinajstić information content (AvgIpc) is 3.56. The molecule has 2 unspecified atom stereocenters. The van der Waals surface area contributed by atoms with E-state index in [1.807, 2.05) is 16.4 Å². The number of halogens is 2. The highest BCUT2D eigenvalue weighted by atomic mass is 79.9. The van der Waals surface area contributed by atoms with E-state index in [2.05, 4.69) is 53.2 Å². The van der Waals surface area contributed by atoms with Crippen molar-refractivity contribution in [2.75, 3.05) is 36.0 Å². The van der Waals surface area contributed by atoms with Crippen molar-refractivity contribution in [2.24, 2.45) is 5.73 Å². The number of benzene rings is 2. The molecule has 6 rings (SSSR count).